The van der Waals surface area contributed by atoms with Gasteiger partial charge in [0.25, 0.3) is 0 Å². The quantitative estimate of drug-likeness (QED) is 0.527. The molecular weight excluding hydrogens is 242 g/mol. The van der Waals surface area contributed by atoms with E-state index in [0.717, 1.165) is 44.9 Å². The third-order valence-electron chi connectivity index (χ3n) is 3.71. The van der Waals surface area contributed by atoms with Gasteiger partial charge < -0.3 is 9.64 Å². The van der Waals surface area contributed by atoms with Gasteiger partial charge in [0.2, 0.25) is 5.91 Å². The number of carbonyl (C=O) groups is 2. The average molecular weight is 269 g/mol. The molecule has 0 N–H and O–H groups in total. The van der Waals surface area contributed by atoms with Gasteiger partial charge in [-0.05, 0) is 19.3 Å². The molecule has 1 amide bonds. The fourth-order valence-electron chi connectivity index (χ4n) is 2.52. The minimum atomic E-state index is -0.289. The van der Waals surface area contributed by atoms with Crippen molar-refractivity contribution in [1.82, 2.24) is 4.90 Å². The van der Waals surface area contributed by atoms with Crippen molar-refractivity contribution in [3.63, 3.8) is 0 Å². The topological polar surface area (TPSA) is 46.6 Å². The van der Waals surface area contributed by atoms with Crippen molar-refractivity contribution in [3.8, 4) is 0 Å². The highest BCUT2D eigenvalue weighted by atomic mass is 16.5. The first kappa shape index (κ1) is 16.0. The second-order valence-electron chi connectivity index (χ2n) is 5.46. The Bertz CT molecular complexity index is 285. The van der Waals surface area contributed by atoms with Crippen LogP contribution in [-0.4, -0.2) is 37.0 Å². The summed E-state index contributed by atoms with van der Waals surface area (Å²) in [6.45, 7) is 2.66. The van der Waals surface area contributed by atoms with E-state index in [1.54, 1.807) is 7.05 Å². The lowest BCUT2D eigenvalue weighted by Crippen LogP contribution is -2.38. The van der Waals surface area contributed by atoms with Crippen molar-refractivity contribution in [2.45, 2.75) is 58.3 Å². The van der Waals surface area contributed by atoms with Crippen molar-refractivity contribution < 1.29 is 14.3 Å². The molecule has 1 rings (SSSR count). The maximum absolute atomic E-state index is 12.1. The lowest BCUT2D eigenvalue weighted by molar-refractivity contribution is -0.150. The number of rotatable bonds is 7. The predicted octanol–water partition coefficient (Wildman–Crippen LogP) is 2.76. The van der Waals surface area contributed by atoms with E-state index in [9.17, 15) is 9.59 Å². The van der Waals surface area contributed by atoms with Gasteiger partial charge in [-0.3, -0.25) is 9.59 Å². The van der Waals surface area contributed by atoms with Crippen LogP contribution in [-0.2, 0) is 14.3 Å². The zero-order valence-electron chi connectivity index (χ0n) is 12.3. The number of nitrogens with zero attached hydrogens (tertiary/aromatic N) is 1. The first-order valence-electron chi connectivity index (χ1n) is 7.55. The van der Waals surface area contributed by atoms with Gasteiger partial charge in [-0.25, -0.2) is 0 Å². The lowest BCUT2D eigenvalue weighted by Gasteiger charge is -2.25. The van der Waals surface area contributed by atoms with Gasteiger partial charge in [-0.2, -0.15) is 0 Å². The molecule has 1 fully saturated rings. The number of esters is 1. The number of ether oxygens (including phenoxy) is 1. The second kappa shape index (κ2) is 8.94. The number of hydrogen-bond donors (Lipinski definition) is 0. The summed E-state index contributed by atoms with van der Waals surface area (Å²) in [5.74, 6) is -0.0698. The Morgan fingerprint density at radius 3 is 2.47 bits per heavy atom. The molecule has 0 aromatic carbocycles. The fraction of sp³-hybridized carbons (Fsp3) is 0.867. The number of likely N-dealkylation sites (N-methyl/N-ethyl adjacent to an activating group) is 1. The molecule has 1 aliphatic rings. The SMILES string of the molecule is CCCCCOC(=O)CN(C)C(=O)C1CCCCC1. The first-order chi connectivity index (χ1) is 9.15. The number of carbonyl (C=O) groups excluding carboxylic acids is 2. The Morgan fingerprint density at radius 2 is 1.84 bits per heavy atom. The fourth-order valence-corrected chi connectivity index (χ4v) is 2.52. The van der Waals surface area contributed by atoms with Crippen LogP contribution in [0.2, 0.25) is 0 Å². The third kappa shape index (κ3) is 6.08. The molecule has 0 atom stereocenters. The normalized spacial score (nSPS) is 16.1. The Balaban J connectivity index is 2.22. The highest BCUT2D eigenvalue weighted by Gasteiger charge is 2.25. The average Bonchev–Trinajstić information content (AvgIpc) is 2.43. The smallest absolute Gasteiger partial charge is 0.325 e. The molecule has 1 aliphatic carbocycles. The molecule has 4 nitrogen and oxygen atoms in total. The summed E-state index contributed by atoms with van der Waals surface area (Å²) >= 11 is 0. The van der Waals surface area contributed by atoms with Gasteiger partial charge in [0.1, 0.15) is 6.54 Å². The molecule has 0 aromatic rings. The minimum absolute atomic E-state index is 0.0848. The Hall–Kier alpha value is -1.06. The van der Waals surface area contributed by atoms with Crippen LogP contribution in [0.5, 0.6) is 0 Å². The maximum Gasteiger partial charge on any atom is 0.325 e. The largest absolute Gasteiger partial charge is 0.464 e. The van der Waals surface area contributed by atoms with Crippen molar-refractivity contribution in [2.24, 2.45) is 5.92 Å². The molecule has 110 valence electrons. The van der Waals surface area contributed by atoms with Crippen LogP contribution in [0.15, 0.2) is 0 Å². The minimum Gasteiger partial charge on any atom is -0.464 e. The molecule has 0 unspecified atom stereocenters. The van der Waals surface area contributed by atoms with E-state index in [1.807, 2.05) is 0 Å². The molecule has 0 aliphatic heterocycles. The summed E-state index contributed by atoms with van der Waals surface area (Å²) in [6.07, 6.45) is 8.51. The van der Waals surface area contributed by atoms with Crippen molar-refractivity contribution >= 4 is 11.9 Å². The summed E-state index contributed by atoms with van der Waals surface area (Å²) in [7, 11) is 1.70. The third-order valence-corrected chi connectivity index (χ3v) is 3.71. The number of amides is 1. The van der Waals surface area contributed by atoms with E-state index in [1.165, 1.54) is 11.3 Å². The summed E-state index contributed by atoms with van der Waals surface area (Å²) in [4.78, 5) is 25.2. The highest BCUT2D eigenvalue weighted by molar-refractivity contribution is 5.83. The van der Waals surface area contributed by atoms with Crippen LogP contribution < -0.4 is 0 Å². The van der Waals surface area contributed by atoms with E-state index in [-0.39, 0.29) is 24.3 Å². The summed E-state index contributed by atoms with van der Waals surface area (Å²) < 4.78 is 5.12. The number of unbranched alkanes of at least 4 members (excludes halogenated alkanes) is 2. The summed E-state index contributed by atoms with van der Waals surface area (Å²) in [5.41, 5.74) is 0. The van der Waals surface area contributed by atoms with Gasteiger partial charge in [-0.15, -0.1) is 0 Å². The molecular formula is C15H27NO3. The van der Waals surface area contributed by atoms with Gasteiger partial charge in [-0.1, -0.05) is 39.0 Å². The maximum atomic E-state index is 12.1. The molecule has 0 heterocycles. The van der Waals surface area contributed by atoms with E-state index < -0.39 is 0 Å². The molecule has 0 spiro atoms. The zero-order valence-corrected chi connectivity index (χ0v) is 12.3. The van der Waals surface area contributed by atoms with Gasteiger partial charge >= 0.3 is 5.97 Å². The van der Waals surface area contributed by atoms with Crippen LogP contribution >= 0.6 is 0 Å². The highest BCUT2D eigenvalue weighted by Crippen LogP contribution is 2.24. The molecule has 19 heavy (non-hydrogen) atoms. The Morgan fingerprint density at radius 1 is 1.16 bits per heavy atom. The van der Waals surface area contributed by atoms with Gasteiger partial charge in [0.05, 0.1) is 6.61 Å². The van der Waals surface area contributed by atoms with Gasteiger partial charge in [0.15, 0.2) is 0 Å². The van der Waals surface area contributed by atoms with Crippen LogP contribution in [0.3, 0.4) is 0 Å². The standard InChI is InChI=1S/C15H27NO3/c1-3-4-8-11-19-14(17)12-16(2)15(18)13-9-6-5-7-10-13/h13H,3-12H2,1-2H3. The van der Waals surface area contributed by atoms with Crippen molar-refractivity contribution in [2.75, 3.05) is 20.2 Å². The van der Waals surface area contributed by atoms with E-state index in [4.69, 9.17) is 4.74 Å². The lowest BCUT2D eigenvalue weighted by atomic mass is 9.88. The summed E-state index contributed by atoms with van der Waals surface area (Å²) in [6, 6.07) is 0. The molecule has 0 aromatic heterocycles. The van der Waals surface area contributed by atoms with E-state index >= 15 is 0 Å². The first-order valence-corrected chi connectivity index (χ1v) is 7.55. The van der Waals surface area contributed by atoms with Crippen LogP contribution in [0.25, 0.3) is 0 Å². The Kier molecular flexibility index (Phi) is 7.53. The second-order valence-corrected chi connectivity index (χ2v) is 5.46. The Labute approximate surface area is 116 Å². The van der Waals surface area contributed by atoms with Crippen molar-refractivity contribution in [1.29, 1.82) is 0 Å². The van der Waals surface area contributed by atoms with Crippen LogP contribution in [0, 0.1) is 5.92 Å². The molecule has 1 saturated carbocycles. The van der Waals surface area contributed by atoms with Crippen LogP contribution in [0.1, 0.15) is 58.3 Å². The molecule has 0 bridgehead atoms. The zero-order chi connectivity index (χ0) is 14.1. The molecule has 4 heteroatoms. The number of hydrogen-bond acceptors (Lipinski definition) is 3. The van der Waals surface area contributed by atoms with Crippen molar-refractivity contribution in [3.05, 3.63) is 0 Å². The van der Waals surface area contributed by atoms with E-state index in [0.29, 0.717) is 6.61 Å². The molecule has 0 radical (unpaired) electrons. The van der Waals surface area contributed by atoms with Gasteiger partial charge in [0, 0.05) is 13.0 Å². The van der Waals surface area contributed by atoms with E-state index in [2.05, 4.69) is 6.92 Å². The van der Waals surface area contributed by atoms with Crippen LogP contribution in [0.4, 0.5) is 0 Å². The molecule has 0 saturated heterocycles. The predicted molar refractivity (Wildman–Crippen MR) is 74.7 cm³/mol. The monoisotopic (exact) mass is 269 g/mol. The summed E-state index contributed by atoms with van der Waals surface area (Å²) in [5, 5.41) is 0.